The van der Waals surface area contributed by atoms with E-state index in [-0.39, 0.29) is 17.1 Å². The van der Waals surface area contributed by atoms with Crippen molar-refractivity contribution in [3.63, 3.8) is 0 Å². The lowest BCUT2D eigenvalue weighted by atomic mass is 9.95. The minimum absolute atomic E-state index is 0.0505. The molecule has 180 valence electrons. The van der Waals surface area contributed by atoms with Crippen molar-refractivity contribution in [3.8, 4) is 0 Å². The van der Waals surface area contributed by atoms with E-state index in [2.05, 4.69) is 34.0 Å². The van der Waals surface area contributed by atoms with Crippen molar-refractivity contribution in [3.05, 3.63) is 41.0 Å². The summed E-state index contributed by atoms with van der Waals surface area (Å²) in [5.41, 5.74) is 1.77. The molecule has 0 bridgehead atoms. The maximum absolute atomic E-state index is 13.0. The molecule has 1 saturated carbocycles. The summed E-state index contributed by atoms with van der Waals surface area (Å²) in [5, 5.41) is 3.78. The zero-order valence-electron chi connectivity index (χ0n) is 19.6. The van der Waals surface area contributed by atoms with Gasteiger partial charge in [-0.15, -0.1) is 11.3 Å². The third kappa shape index (κ3) is 4.31. The summed E-state index contributed by atoms with van der Waals surface area (Å²) in [5.74, 6) is 0.787. The molecule has 7 nitrogen and oxygen atoms in total. The predicted molar refractivity (Wildman–Crippen MR) is 136 cm³/mol. The lowest BCUT2D eigenvalue weighted by Gasteiger charge is -2.32. The number of aromatic nitrogens is 2. The number of aryl methyl sites for hydroxylation is 2. The van der Waals surface area contributed by atoms with E-state index < -0.39 is 9.84 Å². The number of anilines is 2. The molecular formula is C25H30N4O3S2. The molecule has 3 heterocycles. The molecule has 0 spiro atoms. The van der Waals surface area contributed by atoms with Crippen LogP contribution in [-0.4, -0.2) is 42.6 Å². The van der Waals surface area contributed by atoms with Crippen molar-refractivity contribution in [2.75, 3.05) is 23.3 Å². The number of rotatable bonds is 5. The summed E-state index contributed by atoms with van der Waals surface area (Å²) in [6, 6.07) is 6.73. The molecular weight excluding hydrogens is 468 g/mol. The smallest absolute Gasteiger partial charge is 0.227 e. The van der Waals surface area contributed by atoms with Gasteiger partial charge in [-0.2, -0.15) is 0 Å². The number of piperidine rings is 1. The molecule has 0 radical (unpaired) electrons. The lowest BCUT2D eigenvalue weighted by molar-refractivity contribution is -0.120. The topological polar surface area (TPSA) is 92.3 Å². The Morgan fingerprint density at radius 3 is 2.56 bits per heavy atom. The van der Waals surface area contributed by atoms with Crippen LogP contribution in [0.3, 0.4) is 0 Å². The zero-order valence-corrected chi connectivity index (χ0v) is 21.2. The van der Waals surface area contributed by atoms with Crippen LogP contribution in [0, 0.1) is 19.8 Å². The molecule has 1 N–H and O–H groups in total. The van der Waals surface area contributed by atoms with Crippen LogP contribution in [0.4, 0.5) is 11.5 Å². The van der Waals surface area contributed by atoms with Crippen molar-refractivity contribution in [1.29, 1.82) is 0 Å². The molecule has 2 fully saturated rings. The number of nitrogens with zero attached hydrogens (tertiary/aromatic N) is 3. The van der Waals surface area contributed by atoms with Gasteiger partial charge in [0.05, 0.1) is 15.5 Å². The van der Waals surface area contributed by atoms with Crippen LogP contribution < -0.4 is 10.2 Å². The molecule has 34 heavy (non-hydrogen) atoms. The Morgan fingerprint density at radius 1 is 1.09 bits per heavy atom. The molecule has 1 saturated heterocycles. The fraction of sp³-hybridized carbons (Fsp3) is 0.480. The SMILES string of the molecule is Cc1sc2ncnc(N3CCC(C(=O)Nc4cccc(S(=O)(=O)C5CCCC5)c4)CC3)c2c1C. The van der Waals surface area contributed by atoms with E-state index in [1.807, 2.05) is 0 Å². The lowest BCUT2D eigenvalue weighted by Crippen LogP contribution is -2.38. The first kappa shape index (κ1) is 23.2. The van der Waals surface area contributed by atoms with Crippen molar-refractivity contribution >= 4 is 48.8 Å². The van der Waals surface area contributed by atoms with Crippen LogP contribution in [0.1, 0.15) is 49.0 Å². The van der Waals surface area contributed by atoms with Gasteiger partial charge in [0.1, 0.15) is 17.0 Å². The van der Waals surface area contributed by atoms with E-state index >= 15 is 0 Å². The highest BCUT2D eigenvalue weighted by atomic mass is 32.2. The average molecular weight is 499 g/mol. The highest BCUT2D eigenvalue weighted by molar-refractivity contribution is 7.92. The van der Waals surface area contributed by atoms with Gasteiger partial charge in [-0.25, -0.2) is 18.4 Å². The molecule has 5 rings (SSSR count). The summed E-state index contributed by atoms with van der Waals surface area (Å²) >= 11 is 1.69. The molecule has 1 aliphatic heterocycles. The first-order chi connectivity index (χ1) is 16.3. The normalized spacial score (nSPS) is 18.0. The summed E-state index contributed by atoms with van der Waals surface area (Å²) in [7, 11) is -3.35. The number of hydrogen-bond donors (Lipinski definition) is 1. The Hall–Kier alpha value is -2.52. The van der Waals surface area contributed by atoms with Crippen molar-refractivity contribution in [1.82, 2.24) is 9.97 Å². The molecule has 1 amide bonds. The number of fused-ring (bicyclic) bond motifs is 1. The van der Waals surface area contributed by atoms with E-state index in [0.29, 0.717) is 10.6 Å². The number of nitrogens with one attached hydrogen (secondary N) is 1. The van der Waals surface area contributed by atoms with Crippen LogP contribution in [0.15, 0.2) is 35.5 Å². The molecule has 1 aliphatic carbocycles. The molecule has 1 aromatic carbocycles. The Bertz CT molecular complexity index is 1320. The third-order valence-corrected chi connectivity index (χ3v) is 10.7. The van der Waals surface area contributed by atoms with Gasteiger partial charge >= 0.3 is 0 Å². The second kappa shape index (κ2) is 9.26. The second-order valence-electron chi connectivity index (χ2n) is 9.39. The fourth-order valence-corrected chi connectivity index (χ4v) is 8.03. The largest absolute Gasteiger partial charge is 0.356 e. The van der Waals surface area contributed by atoms with Crippen LogP contribution in [0.5, 0.6) is 0 Å². The summed E-state index contributed by atoms with van der Waals surface area (Å²) in [6.07, 6.45) is 6.44. The van der Waals surface area contributed by atoms with Gasteiger partial charge in [0.25, 0.3) is 0 Å². The van der Waals surface area contributed by atoms with Gasteiger partial charge in [0.15, 0.2) is 9.84 Å². The maximum atomic E-state index is 13.0. The molecule has 2 aromatic heterocycles. The van der Waals surface area contributed by atoms with Gasteiger partial charge in [0.2, 0.25) is 5.91 Å². The number of benzene rings is 1. The van der Waals surface area contributed by atoms with Crippen LogP contribution in [0.25, 0.3) is 10.2 Å². The van der Waals surface area contributed by atoms with Gasteiger partial charge in [-0.3, -0.25) is 4.79 Å². The predicted octanol–water partition coefficient (Wildman–Crippen LogP) is 4.88. The maximum Gasteiger partial charge on any atom is 0.227 e. The molecule has 9 heteroatoms. The quantitative estimate of drug-likeness (QED) is 0.539. The summed E-state index contributed by atoms with van der Waals surface area (Å²) in [4.78, 5) is 26.8. The Kier molecular flexibility index (Phi) is 6.33. The highest BCUT2D eigenvalue weighted by Crippen LogP contribution is 2.36. The van der Waals surface area contributed by atoms with E-state index in [9.17, 15) is 13.2 Å². The summed E-state index contributed by atoms with van der Waals surface area (Å²) < 4.78 is 25.9. The third-order valence-electron chi connectivity index (χ3n) is 7.28. The van der Waals surface area contributed by atoms with Crippen LogP contribution >= 0.6 is 11.3 Å². The van der Waals surface area contributed by atoms with Gasteiger partial charge in [-0.05, 0) is 63.3 Å². The van der Waals surface area contributed by atoms with Crippen molar-refractivity contribution in [2.45, 2.75) is 62.5 Å². The first-order valence-electron chi connectivity index (χ1n) is 11.9. The minimum atomic E-state index is -3.35. The van der Waals surface area contributed by atoms with E-state index in [1.54, 1.807) is 41.9 Å². The number of amides is 1. The van der Waals surface area contributed by atoms with Crippen LogP contribution in [-0.2, 0) is 14.6 Å². The Balaban J connectivity index is 1.25. The molecule has 0 atom stereocenters. The molecule has 3 aromatic rings. The number of carbonyl (C=O) groups excluding carboxylic acids is 1. The average Bonchev–Trinajstić information content (AvgIpc) is 3.49. The van der Waals surface area contributed by atoms with Gasteiger partial charge in [-0.1, -0.05) is 18.9 Å². The molecule has 0 unspecified atom stereocenters. The summed E-state index contributed by atoms with van der Waals surface area (Å²) in [6.45, 7) is 5.71. The van der Waals surface area contributed by atoms with Crippen LogP contribution in [0.2, 0.25) is 0 Å². The Labute approximate surface area is 204 Å². The monoisotopic (exact) mass is 498 g/mol. The standard InChI is InChI=1S/C25H30N4O3S2/c1-16-17(2)33-25-22(16)23(26-15-27-25)29-12-10-18(11-13-29)24(30)28-19-6-5-9-21(14-19)34(31,32)20-7-3-4-8-20/h5-6,9,14-15,18,20H,3-4,7-8,10-13H2,1-2H3,(H,28,30). The molecule has 2 aliphatic rings. The Morgan fingerprint density at radius 2 is 1.82 bits per heavy atom. The minimum Gasteiger partial charge on any atom is -0.356 e. The van der Waals surface area contributed by atoms with Crippen molar-refractivity contribution < 1.29 is 13.2 Å². The van der Waals surface area contributed by atoms with Crippen molar-refractivity contribution in [2.24, 2.45) is 5.92 Å². The van der Waals surface area contributed by atoms with Gasteiger partial charge in [0, 0.05) is 29.6 Å². The van der Waals surface area contributed by atoms with E-state index in [4.69, 9.17) is 0 Å². The van der Waals surface area contributed by atoms with Gasteiger partial charge < -0.3 is 10.2 Å². The second-order valence-corrected chi connectivity index (χ2v) is 12.8. The first-order valence-corrected chi connectivity index (χ1v) is 14.3. The van der Waals surface area contributed by atoms with E-state index in [0.717, 1.165) is 67.6 Å². The zero-order chi connectivity index (χ0) is 23.9. The number of sulfone groups is 1. The highest BCUT2D eigenvalue weighted by Gasteiger charge is 2.31. The number of thiophene rings is 1. The number of hydrogen-bond acceptors (Lipinski definition) is 7. The number of carbonyl (C=O) groups is 1. The fourth-order valence-electron chi connectivity index (χ4n) is 5.14. The van der Waals surface area contributed by atoms with E-state index in [1.165, 1.54) is 10.4 Å².